The molecular formula is C28H32F3N7O2. The smallest absolute Gasteiger partial charge is 0.420 e. The summed E-state index contributed by atoms with van der Waals surface area (Å²) in [7, 11) is 3.03. The van der Waals surface area contributed by atoms with Crippen LogP contribution in [0.4, 0.5) is 18.9 Å². The van der Waals surface area contributed by atoms with Gasteiger partial charge in [0.25, 0.3) is 5.91 Å². The van der Waals surface area contributed by atoms with Gasteiger partial charge in [-0.1, -0.05) is 11.3 Å². The van der Waals surface area contributed by atoms with Gasteiger partial charge in [-0.2, -0.15) is 18.3 Å². The number of methoxy groups -OCH3 is 1. The highest BCUT2D eigenvalue weighted by molar-refractivity contribution is 6.04. The highest BCUT2D eigenvalue weighted by Crippen LogP contribution is 2.40. The van der Waals surface area contributed by atoms with E-state index in [-0.39, 0.29) is 34.6 Å². The van der Waals surface area contributed by atoms with Gasteiger partial charge in [0, 0.05) is 47.2 Å². The molecule has 4 aromatic rings. The summed E-state index contributed by atoms with van der Waals surface area (Å²) in [5, 5.41) is 18.5. The molecule has 2 heterocycles. The summed E-state index contributed by atoms with van der Waals surface area (Å²) in [5.41, 5.74) is 3.01. The maximum Gasteiger partial charge on any atom is 0.420 e. The predicted octanol–water partition coefficient (Wildman–Crippen LogP) is 5.45. The first-order valence-electron chi connectivity index (χ1n) is 12.5. The normalized spacial score (nSPS) is 12.1. The van der Waals surface area contributed by atoms with Gasteiger partial charge < -0.3 is 15.4 Å². The molecule has 1 amide bonds. The SMILES string of the molecule is COc1c(CNC(C)(C)C)cc(NC(=O)c2ccc(C)c(-n3cc(-c4cnn(C)c4C)nn3)c2)cc1C(F)(F)F. The number of halogens is 3. The van der Waals surface area contributed by atoms with Gasteiger partial charge in [-0.05, 0) is 64.4 Å². The quantitative estimate of drug-likeness (QED) is 0.315. The van der Waals surface area contributed by atoms with Crippen molar-refractivity contribution in [3.8, 4) is 22.7 Å². The van der Waals surface area contributed by atoms with Crippen LogP contribution in [0.3, 0.4) is 0 Å². The zero-order valence-corrected chi connectivity index (χ0v) is 23.4. The molecule has 2 aromatic carbocycles. The molecule has 212 valence electrons. The molecule has 4 rings (SSSR count). The number of anilines is 1. The molecule has 0 saturated heterocycles. The van der Waals surface area contributed by atoms with Gasteiger partial charge >= 0.3 is 6.18 Å². The molecule has 12 heteroatoms. The topological polar surface area (TPSA) is 98.9 Å². The number of aromatic nitrogens is 5. The largest absolute Gasteiger partial charge is 0.496 e. The third-order valence-electron chi connectivity index (χ3n) is 6.47. The van der Waals surface area contributed by atoms with Crippen LogP contribution in [0.1, 0.15) is 53.5 Å². The lowest BCUT2D eigenvalue weighted by Gasteiger charge is -2.23. The van der Waals surface area contributed by atoms with Gasteiger partial charge in [-0.15, -0.1) is 5.10 Å². The molecule has 0 aliphatic carbocycles. The first kappa shape index (κ1) is 28.8. The highest BCUT2D eigenvalue weighted by Gasteiger charge is 2.36. The number of hydrogen-bond acceptors (Lipinski definition) is 6. The van der Waals surface area contributed by atoms with E-state index in [1.165, 1.54) is 13.2 Å². The molecule has 2 aromatic heterocycles. The summed E-state index contributed by atoms with van der Waals surface area (Å²) in [6.07, 6.45) is -1.24. The zero-order chi connectivity index (χ0) is 29.4. The lowest BCUT2D eigenvalue weighted by molar-refractivity contribution is -0.138. The van der Waals surface area contributed by atoms with Crippen molar-refractivity contribution >= 4 is 11.6 Å². The van der Waals surface area contributed by atoms with Gasteiger partial charge in [0.05, 0.1) is 30.8 Å². The molecule has 0 saturated carbocycles. The van der Waals surface area contributed by atoms with Crippen molar-refractivity contribution < 1.29 is 22.7 Å². The molecule has 0 aliphatic heterocycles. The first-order chi connectivity index (χ1) is 18.7. The minimum Gasteiger partial charge on any atom is -0.496 e. The van der Waals surface area contributed by atoms with E-state index in [0.717, 1.165) is 22.9 Å². The summed E-state index contributed by atoms with van der Waals surface area (Å²) in [6, 6.07) is 7.34. The third kappa shape index (κ3) is 6.17. The van der Waals surface area contributed by atoms with Crippen LogP contribution in [0.2, 0.25) is 0 Å². The highest BCUT2D eigenvalue weighted by atomic mass is 19.4. The van der Waals surface area contributed by atoms with E-state index in [2.05, 4.69) is 26.0 Å². The molecule has 9 nitrogen and oxygen atoms in total. The van der Waals surface area contributed by atoms with Crippen molar-refractivity contribution in [1.82, 2.24) is 30.1 Å². The number of nitrogens with zero attached hydrogens (tertiary/aromatic N) is 5. The Bertz CT molecular complexity index is 1550. The van der Waals surface area contributed by atoms with Crippen LogP contribution in [0.5, 0.6) is 5.75 Å². The van der Waals surface area contributed by atoms with Crippen LogP contribution in [-0.2, 0) is 19.8 Å². The van der Waals surface area contributed by atoms with Crippen LogP contribution >= 0.6 is 0 Å². The van der Waals surface area contributed by atoms with Crippen molar-refractivity contribution in [3.05, 3.63) is 70.7 Å². The van der Waals surface area contributed by atoms with Crippen LogP contribution in [0, 0.1) is 13.8 Å². The molecule has 0 spiro atoms. The Morgan fingerprint density at radius 1 is 1.10 bits per heavy atom. The van der Waals surface area contributed by atoms with E-state index in [1.54, 1.807) is 40.0 Å². The van der Waals surface area contributed by atoms with E-state index in [1.807, 2.05) is 41.7 Å². The van der Waals surface area contributed by atoms with Crippen LogP contribution in [0.25, 0.3) is 16.9 Å². The molecule has 0 aliphatic rings. The number of carbonyl (C=O) groups excluding carboxylic acids is 1. The fourth-order valence-corrected chi connectivity index (χ4v) is 4.16. The van der Waals surface area contributed by atoms with Crippen molar-refractivity contribution in [2.45, 2.75) is 52.9 Å². The van der Waals surface area contributed by atoms with Gasteiger partial charge in [-0.25, -0.2) is 4.68 Å². The number of ether oxygens (including phenoxy) is 1. The average Bonchev–Trinajstić information content (AvgIpc) is 3.48. The maximum absolute atomic E-state index is 13.9. The Balaban J connectivity index is 1.66. The number of nitrogens with one attached hydrogen (secondary N) is 2. The Kier molecular flexibility index (Phi) is 7.75. The van der Waals surface area contributed by atoms with Gasteiger partial charge in [0.15, 0.2) is 0 Å². The van der Waals surface area contributed by atoms with E-state index < -0.39 is 17.6 Å². The van der Waals surface area contributed by atoms with Crippen molar-refractivity contribution in [2.24, 2.45) is 7.05 Å². The lowest BCUT2D eigenvalue weighted by Crippen LogP contribution is -2.35. The molecular weight excluding hydrogens is 523 g/mol. The second-order valence-electron chi connectivity index (χ2n) is 10.6. The maximum atomic E-state index is 13.9. The third-order valence-corrected chi connectivity index (χ3v) is 6.47. The molecule has 2 N–H and O–H groups in total. The van der Waals surface area contributed by atoms with Crippen LogP contribution < -0.4 is 15.4 Å². The van der Waals surface area contributed by atoms with Crippen molar-refractivity contribution in [2.75, 3.05) is 12.4 Å². The minimum atomic E-state index is -4.68. The number of carbonyl (C=O) groups is 1. The Morgan fingerprint density at radius 2 is 1.82 bits per heavy atom. The van der Waals surface area contributed by atoms with Gasteiger partial charge in [-0.3, -0.25) is 9.48 Å². The van der Waals surface area contributed by atoms with Crippen molar-refractivity contribution in [3.63, 3.8) is 0 Å². The lowest BCUT2D eigenvalue weighted by atomic mass is 10.0. The van der Waals surface area contributed by atoms with E-state index in [4.69, 9.17) is 4.74 Å². The number of hydrogen-bond donors (Lipinski definition) is 2. The molecule has 0 fully saturated rings. The molecule has 40 heavy (non-hydrogen) atoms. The zero-order valence-electron chi connectivity index (χ0n) is 23.4. The first-order valence-corrected chi connectivity index (χ1v) is 12.5. The number of alkyl halides is 3. The van der Waals surface area contributed by atoms with Crippen LogP contribution in [0.15, 0.2) is 42.7 Å². The average molecular weight is 556 g/mol. The van der Waals surface area contributed by atoms with E-state index in [9.17, 15) is 18.0 Å². The fraction of sp³-hybridized carbons (Fsp3) is 0.357. The molecule has 0 atom stereocenters. The predicted molar refractivity (Wildman–Crippen MR) is 146 cm³/mol. The summed E-state index contributed by atoms with van der Waals surface area (Å²) in [6.45, 7) is 9.61. The Morgan fingerprint density at radius 3 is 2.42 bits per heavy atom. The molecule has 0 unspecified atom stereocenters. The fourth-order valence-electron chi connectivity index (χ4n) is 4.16. The Labute approximate surface area is 230 Å². The summed E-state index contributed by atoms with van der Waals surface area (Å²) < 4.78 is 50.2. The minimum absolute atomic E-state index is 0.000976. The molecule has 0 radical (unpaired) electrons. The summed E-state index contributed by atoms with van der Waals surface area (Å²) >= 11 is 0. The summed E-state index contributed by atoms with van der Waals surface area (Å²) in [4.78, 5) is 13.2. The number of amides is 1. The van der Waals surface area contributed by atoms with E-state index in [0.29, 0.717) is 11.4 Å². The van der Waals surface area contributed by atoms with Crippen LogP contribution in [-0.4, -0.2) is 43.3 Å². The van der Waals surface area contributed by atoms with Gasteiger partial charge in [0.2, 0.25) is 0 Å². The second kappa shape index (κ2) is 10.8. The number of aryl methyl sites for hydroxylation is 2. The Hall–Kier alpha value is -4.19. The molecule has 0 bridgehead atoms. The number of rotatable bonds is 7. The van der Waals surface area contributed by atoms with E-state index >= 15 is 0 Å². The number of benzene rings is 2. The second-order valence-corrected chi connectivity index (χ2v) is 10.6. The monoisotopic (exact) mass is 555 g/mol. The standard InChI is InChI=1S/C28H32F3N7O2/c1-16-8-9-18(11-24(16)38-15-23(35-36-38)21-14-33-37(6)17(21)2)26(39)34-20-10-19(13-32-27(3,4)5)25(40-7)22(12-20)28(29,30)31/h8-12,14-15,32H,13H2,1-7H3,(H,34,39). The summed E-state index contributed by atoms with van der Waals surface area (Å²) in [5.74, 6) is -0.858. The van der Waals surface area contributed by atoms with Crippen molar-refractivity contribution in [1.29, 1.82) is 0 Å². The van der Waals surface area contributed by atoms with Gasteiger partial charge in [0.1, 0.15) is 11.4 Å².